The van der Waals surface area contributed by atoms with Gasteiger partial charge in [-0.05, 0) is 55.3 Å². The van der Waals surface area contributed by atoms with Crippen molar-refractivity contribution >= 4 is 50.6 Å². The van der Waals surface area contributed by atoms with Gasteiger partial charge >= 0.3 is 0 Å². The minimum atomic E-state index is -0.0276. The molecule has 0 bridgehead atoms. The van der Waals surface area contributed by atoms with Gasteiger partial charge in [0.2, 0.25) is 5.91 Å². The summed E-state index contributed by atoms with van der Waals surface area (Å²) in [6.45, 7) is 2.61. The Hall–Kier alpha value is -2.42. The predicted octanol–water partition coefficient (Wildman–Crippen LogP) is 5.06. The van der Waals surface area contributed by atoms with E-state index in [0.717, 1.165) is 45.6 Å². The van der Waals surface area contributed by atoms with E-state index in [-0.39, 0.29) is 17.2 Å². The largest absolute Gasteiger partial charge is 0.340 e. The lowest BCUT2D eigenvalue weighted by Crippen LogP contribution is -2.28. The average molecular weight is 482 g/mol. The third-order valence-corrected chi connectivity index (χ3v) is 8.69. The zero-order chi connectivity index (χ0) is 22.2. The molecule has 0 radical (unpaired) electrons. The Kier molecular flexibility index (Phi) is 5.92. The third kappa shape index (κ3) is 4.02. The number of hydrogen-bond donors (Lipinski definition) is 0. The fourth-order valence-corrected chi connectivity index (χ4v) is 7.02. The first-order valence-electron chi connectivity index (χ1n) is 10.5. The number of fused-ring (bicyclic) bond motifs is 3. The van der Waals surface area contributed by atoms with Gasteiger partial charge in [0.1, 0.15) is 4.83 Å². The average Bonchev–Trinajstić information content (AvgIpc) is 3.50. The maximum Gasteiger partial charge on any atom is 0.267 e. The van der Waals surface area contributed by atoms with Crippen molar-refractivity contribution in [2.45, 2.75) is 37.9 Å². The van der Waals surface area contributed by atoms with Crippen LogP contribution in [0.3, 0.4) is 0 Å². The van der Waals surface area contributed by atoms with Crippen molar-refractivity contribution < 1.29 is 4.79 Å². The summed E-state index contributed by atoms with van der Waals surface area (Å²) in [7, 11) is 1.82. The maximum atomic E-state index is 13.7. The molecule has 4 aromatic rings. The van der Waals surface area contributed by atoms with Crippen molar-refractivity contribution in [3.8, 4) is 5.69 Å². The van der Waals surface area contributed by atoms with E-state index in [1.54, 1.807) is 32.1 Å². The molecule has 1 amide bonds. The Labute approximate surface area is 198 Å². The van der Waals surface area contributed by atoms with Gasteiger partial charge in [0.15, 0.2) is 5.16 Å². The van der Waals surface area contributed by atoms with E-state index in [0.29, 0.717) is 11.7 Å². The Balaban J connectivity index is 1.50. The summed E-state index contributed by atoms with van der Waals surface area (Å²) in [4.78, 5) is 36.3. The number of carbonyl (C=O) groups is 1. The molecule has 0 aliphatic heterocycles. The smallest absolute Gasteiger partial charge is 0.267 e. The van der Waals surface area contributed by atoms with Crippen LogP contribution < -0.4 is 5.56 Å². The number of nitrogens with zero attached hydrogens (tertiary/aromatic N) is 3. The Morgan fingerprint density at radius 3 is 2.78 bits per heavy atom. The molecule has 8 heteroatoms. The topological polar surface area (TPSA) is 55.2 Å². The molecule has 1 aromatic carbocycles. The molecular formula is C24H23N3O2S3. The first-order chi connectivity index (χ1) is 15.5. The summed E-state index contributed by atoms with van der Waals surface area (Å²) in [6, 6.07) is 11.9. The van der Waals surface area contributed by atoms with Gasteiger partial charge in [-0.15, -0.1) is 22.7 Å². The maximum absolute atomic E-state index is 13.7. The summed E-state index contributed by atoms with van der Waals surface area (Å²) in [5.41, 5.74) is 3.06. The van der Waals surface area contributed by atoms with Crippen LogP contribution in [0.1, 0.15) is 27.3 Å². The fraction of sp³-hybridized carbons (Fsp3) is 0.292. The van der Waals surface area contributed by atoms with Crippen LogP contribution in [0.25, 0.3) is 15.9 Å². The SMILES string of the molecule is Cc1ccc(-n2c(SCC(=O)N(C)Cc3cccs3)nc3sc4c(c3c2=O)CCC4)cc1. The molecule has 0 fully saturated rings. The summed E-state index contributed by atoms with van der Waals surface area (Å²) >= 11 is 4.61. The van der Waals surface area contributed by atoms with E-state index in [1.807, 2.05) is 55.7 Å². The lowest BCUT2D eigenvalue weighted by atomic mass is 10.2. The van der Waals surface area contributed by atoms with Crippen molar-refractivity contribution in [1.29, 1.82) is 0 Å². The molecule has 0 unspecified atom stereocenters. The van der Waals surface area contributed by atoms with Crippen LogP contribution in [0, 0.1) is 6.92 Å². The minimum absolute atomic E-state index is 0.0156. The number of benzene rings is 1. The number of aryl methyl sites for hydroxylation is 3. The van der Waals surface area contributed by atoms with E-state index >= 15 is 0 Å². The second-order valence-corrected chi connectivity index (χ2v) is 11.1. The summed E-state index contributed by atoms with van der Waals surface area (Å²) in [5.74, 6) is 0.249. The molecule has 5 nitrogen and oxygen atoms in total. The summed E-state index contributed by atoms with van der Waals surface area (Å²) in [6.07, 6.45) is 3.07. The monoisotopic (exact) mass is 481 g/mol. The highest BCUT2D eigenvalue weighted by molar-refractivity contribution is 7.99. The van der Waals surface area contributed by atoms with E-state index in [2.05, 4.69) is 0 Å². The molecule has 1 aliphatic rings. The molecule has 32 heavy (non-hydrogen) atoms. The molecule has 3 aromatic heterocycles. The van der Waals surface area contributed by atoms with E-state index in [9.17, 15) is 9.59 Å². The van der Waals surface area contributed by atoms with Gasteiger partial charge in [0.25, 0.3) is 5.56 Å². The fourth-order valence-electron chi connectivity index (χ4n) is 4.00. The number of carbonyl (C=O) groups excluding carboxylic acids is 1. The van der Waals surface area contributed by atoms with Gasteiger partial charge in [0, 0.05) is 16.8 Å². The summed E-state index contributed by atoms with van der Waals surface area (Å²) in [5, 5.41) is 3.35. The predicted molar refractivity (Wildman–Crippen MR) is 133 cm³/mol. The Morgan fingerprint density at radius 2 is 2.03 bits per heavy atom. The van der Waals surface area contributed by atoms with Gasteiger partial charge in [-0.1, -0.05) is 35.5 Å². The van der Waals surface area contributed by atoms with Crippen LogP contribution in [0.2, 0.25) is 0 Å². The normalized spacial score (nSPS) is 12.9. The quantitative estimate of drug-likeness (QED) is 0.285. The molecular weight excluding hydrogens is 458 g/mol. The van der Waals surface area contributed by atoms with Gasteiger partial charge < -0.3 is 4.90 Å². The molecule has 164 valence electrons. The molecule has 1 aliphatic carbocycles. The van der Waals surface area contributed by atoms with Crippen molar-refractivity contribution in [1.82, 2.24) is 14.5 Å². The molecule has 0 saturated carbocycles. The number of rotatable bonds is 6. The van der Waals surface area contributed by atoms with Gasteiger partial charge in [-0.2, -0.15) is 0 Å². The van der Waals surface area contributed by atoms with Crippen LogP contribution in [0.4, 0.5) is 0 Å². The van der Waals surface area contributed by atoms with E-state index in [4.69, 9.17) is 4.98 Å². The number of thiophene rings is 2. The Morgan fingerprint density at radius 1 is 1.22 bits per heavy atom. The number of hydrogen-bond acceptors (Lipinski definition) is 6. The molecule has 5 rings (SSSR count). The van der Waals surface area contributed by atoms with Gasteiger partial charge in [0.05, 0.1) is 23.4 Å². The molecule has 3 heterocycles. The van der Waals surface area contributed by atoms with Crippen molar-refractivity contribution in [3.63, 3.8) is 0 Å². The van der Waals surface area contributed by atoms with Crippen molar-refractivity contribution in [3.05, 3.63) is 73.0 Å². The van der Waals surface area contributed by atoms with Crippen LogP contribution in [0.5, 0.6) is 0 Å². The molecule has 0 saturated heterocycles. The lowest BCUT2D eigenvalue weighted by molar-refractivity contribution is -0.127. The molecule has 0 N–H and O–H groups in total. The number of aromatic nitrogens is 2. The minimum Gasteiger partial charge on any atom is -0.340 e. The summed E-state index contributed by atoms with van der Waals surface area (Å²) < 4.78 is 1.68. The first kappa shape index (κ1) is 21.4. The van der Waals surface area contributed by atoms with Crippen LogP contribution in [-0.4, -0.2) is 33.2 Å². The second kappa shape index (κ2) is 8.84. The van der Waals surface area contributed by atoms with Crippen molar-refractivity contribution in [2.75, 3.05) is 12.8 Å². The molecule has 0 atom stereocenters. The van der Waals surface area contributed by atoms with Crippen LogP contribution in [-0.2, 0) is 24.2 Å². The lowest BCUT2D eigenvalue weighted by Gasteiger charge is -2.17. The first-order valence-corrected chi connectivity index (χ1v) is 13.2. The highest BCUT2D eigenvalue weighted by Crippen LogP contribution is 2.36. The second-order valence-electron chi connectivity index (χ2n) is 8.03. The van der Waals surface area contributed by atoms with E-state index in [1.165, 1.54) is 22.2 Å². The van der Waals surface area contributed by atoms with E-state index < -0.39 is 0 Å². The zero-order valence-corrected chi connectivity index (χ0v) is 20.4. The number of thioether (sulfide) groups is 1. The highest BCUT2D eigenvalue weighted by atomic mass is 32.2. The Bertz CT molecular complexity index is 1340. The number of amides is 1. The van der Waals surface area contributed by atoms with Crippen LogP contribution in [0.15, 0.2) is 51.7 Å². The van der Waals surface area contributed by atoms with Gasteiger partial charge in [-0.3, -0.25) is 14.2 Å². The highest BCUT2D eigenvalue weighted by Gasteiger charge is 2.24. The third-order valence-electron chi connectivity index (χ3n) is 5.72. The molecule has 0 spiro atoms. The zero-order valence-electron chi connectivity index (χ0n) is 18.0. The van der Waals surface area contributed by atoms with Crippen LogP contribution >= 0.6 is 34.4 Å². The standard InChI is InChI=1S/C24H23N3O2S3/c1-15-8-10-16(11-9-15)27-23(29)21-18-6-3-7-19(18)32-22(21)25-24(27)31-14-20(28)26(2)13-17-5-4-12-30-17/h4-5,8-12H,3,6-7,13-14H2,1-2H3. The van der Waals surface area contributed by atoms with Crippen molar-refractivity contribution in [2.24, 2.45) is 0 Å². The van der Waals surface area contributed by atoms with Gasteiger partial charge in [-0.25, -0.2) is 4.98 Å².